The van der Waals surface area contributed by atoms with Gasteiger partial charge in [0.25, 0.3) is 0 Å². The highest BCUT2D eigenvalue weighted by Crippen LogP contribution is 2.31. The van der Waals surface area contributed by atoms with E-state index < -0.39 is 27.1 Å². The number of nitrogens with zero attached hydrogens (tertiary/aromatic N) is 4. The smallest absolute Gasteiger partial charge is 0.327 e. The molecule has 2 aromatic heterocycles. The van der Waals surface area contributed by atoms with Gasteiger partial charge in [0.15, 0.2) is 11.5 Å². The molecule has 10 heteroatoms. The molecule has 0 saturated carbocycles. The lowest BCUT2D eigenvalue weighted by Crippen LogP contribution is -2.24. The first-order valence-electron chi connectivity index (χ1n) is 5.92. The van der Waals surface area contributed by atoms with Gasteiger partial charge in [0.2, 0.25) is 0 Å². The maximum Gasteiger partial charge on any atom is 0.327 e. The van der Waals surface area contributed by atoms with Crippen molar-refractivity contribution in [3.63, 3.8) is 0 Å². The Balaban J connectivity index is 1.85. The SMILES string of the molecule is Nc1ncnc2c1ncn2[C@H]1CC(O)C(COP=O)O1. The highest BCUT2D eigenvalue weighted by Gasteiger charge is 2.36. The molecule has 1 saturated heterocycles. The fourth-order valence-corrected chi connectivity index (χ4v) is 2.43. The summed E-state index contributed by atoms with van der Waals surface area (Å²) in [6.07, 6.45) is 1.57. The molecule has 2 aromatic rings. The van der Waals surface area contributed by atoms with Crippen molar-refractivity contribution in [3.05, 3.63) is 12.7 Å². The van der Waals surface area contributed by atoms with Crippen LogP contribution in [0.25, 0.3) is 11.2 Å². The Hall–Kier alpha value is -1.67. The second-order valence-electron chi connectivity index (χ2n) is 4.39. The first-order chi connectivity index (χ1) is 9.70. The number of ether oxygens (including phenoxy) is 1. The summed E-state index contributed by atoms with van der Waals surface area (Å²) in [4.78, 5) is 12.1. The van der Waals surface area contributed by atoms with Crippen molar-refractivity contribution in [1.82, 2.24) is 19.5 Å². The number of fused-ring (bicyclic) bond motifs is 1. The lowest BCUT2D eigenvalue weighted by Gasteiger charge is -2.14. The summed E-state index contributed by atoms with van der Waals surface area (Å²) in [7, 11) is -0.440. The minimum absolute atomic E-state index is 0.0481. The van der Waals surface area contributed by atoms with Crippen LogP contribution in [0.5, 0.6) is 0 Å². The minimum Gasteiger partial charge on any atom is -0.390 e. The van der Waals surface area contributed by atoms with E-state index in [4.69, 9.17) is 15.0 Å². The molecule has 3 rings (SSSR count). The van der Waals surface area contributed by atoms with Gasteiger partial charge in [-0.2, -0.15) is 0 Å². The molecule has 0 amide bonds. The van der Waals surface area contributed by atoms with Crippen molar-refractivity contribution >= 4 is 25.7 Å². The molecule has 0 radical (unpaired) electrons. The van der Waals surface area contributed by atoms with Crippen molar-refractivity contribution < 1.29 is 18.9 Å². The van der Waals surface area contributed by atoms with Crippen LogP contribution in [-0.4, -0.2) is 43.4 Å². The quantitative estimate of drug-likeness (QED) is 0.771. The maximum absolute atomic E-state index is 10.3. The molecule has 3 heterocycles. The first kappa shape index (κ1) is 13.3. The molecule has 1 aliphatic rings. The average Bonchev–Trinajstić information content (AvgIpc) is 3.01. The van der Waals surface area contributed by atoms with Crippen LogP contribution in [0.4, 0.5) is 5.82 Å². The van der Waals surface area contributed by atoms with Crippen molar-refractivity contribution in [3.8, 4) is 0 Å². The highest BCUT2D eigenvalue weighted by molar-refractivity contribution is 7.17. The lowest BCUT2D eigenvalue weighted by atomic mass is 10.2. The Bertz CT molecular complexity index is 635. The van der Waals surface area contributed by atoms with Crippen LogP contribution in [0.3, 0.4) is 0 Å². The van der Waals surface area contributed by atoms with Gasteiger partial charge in [0, 0.05) is 6.42 Å². The zero-order valence-electron chi connectivity index (χ0n) is 10.3. The predicted octanol–water partition coefficient (Wildman–Crippen LogP) is 0.280. The van der Waals surface area contributed by atoms with Crippen LogP contribution < -0.4 is 5.73 Å². The van der Waals surface area contributed by atoms with Crippen molar-refractivity contribution in [2.45, 2.75) is 24.9 Å². The van der Waals surface area contributed by atoms with Crippen LogP contribution in [0, 0.1) is 0 Å². The topological polar surface area (TPSA) is 125 Å². The summed E-state index contributed by atoms with van der Waals surface area (Å²) in [6.45, 7) is 0.0481. The molecule has 106 valence electrons. The van der Waals surface area contributed by atoms with Gasteiger partial charge in [0.05, 0.1) is 19.0 Å². The van der Waals surface area contributed by atoms with E-state index in [2.05, 4.69) is 15.0 Å². The number of aliphatic hydroxyl groups excluding tert-OH is 1. The third-order valence-corrected chi connectivity index (χ3v) is 3.45. The highest BCUT2D eigenvalue weighted by atomic mass is 31.1. The molecule has 1 aliphatic heterocycles. The molecule has 3 atom stereocenters. The van der Waals surface area contributed by atoms with E-state index in [1.807, 2.05) is 0 Å². The molecular weight excluding hydrogens is 285 g/mol. The van der Waals surface area contributed by atoms with Crippen LogP contribution in [0.2, 0.25) is 0 Å². The molecule has 9 nitrogen and oxygen atoms in total. The van der Waals surface area contributed by atoms with E-state index in [0.29, 0.717) is 17.6 Å². The van der Waals surface area contributed by atoms with Crippen molar-refractivity contribution in [2.75, 3.05) is 12.3 Å². The van der Waals surface area contributed by atoms with E-state index in [-0.39, 0.29) is 12.4 Å². The number of anilines is 1. The molecule has 2 unspecified atom stereocenters. The molecule has 0 aliphatic carbocycles. The number of rotatable bonds is 4. The second-order valence-corrected chi connectivity index (χ2v) is 4.79. The normalized spacial score (nSPS) is 26.6. The minimum atomic E-state index is -0.710. The summed E-state index contributed by atoms with van der Waals surface area (Å²) >= 11 is 0. The second kappa shape index (κ2) is 5.37. The predicted molar refractivity (Wildman–Crippen MR) is 67.8 cm³/mol. The Morgan fingerprint density at radius 3 is 3.20 bits per heavy atom. The van der Waals surface area contributed by atoms with Crippen LogP contribution in [0.1, 0.15) is 12.6 Å². The number of aliphatic hydroxyl groups is 1. The standard InChI is InChI=1S/C10H12N5O4P/c11-9-8-10(13-3-12-9)15(4-14-8)7-1-5(16)6(19-7)2-18-20-17/h3-7,16H,1-2H2,(H2,11,12,13)/t5?,6?,7-/m1/s1. The molecular formula is C10H12N5O4P. The Morgan fingerprint density at radius 2 is 2.40 bits per heavy atom. The van der Waals surface area contributed by atoms with E-state index in [1.54, 1.807) is 10.9 Å². The van der Waals surface area contributed by atoms with Gasteiger partial charge in [-0.15, -0.1) is 0 Å². The lowest BCUT2D eigenvalue weighted by molar-refractivity contribution is -0.0362. The summed E-state index contributed by atoms with van der Waals surface area (Å²) in [5.74, 6) is 0.289. The molecule has 3 N–H and O–H groups in total. The molecule has 0 spiro atoms. The molecule has 20 heavy (non-hydrogen) atoms. The largest absolute Gasteiger partial charge is 0.390 e. The fraction of sp³-hybridized carbons (Fsp3) is 0.500. The fourth-order valence-electron chi connectivity index (χ4n) is 2.22. The third kappa shape index (κ3) is 2.25. The van der Waals surface area contributed by atoms with Crippen LogP contribution in [0.15, 0.2) is 12.7 Å². The molecule has 1 fully saturated rings. The Labute approximate surface area is 115 Å². The van der Waals surface area contributed by atoms with E-state index in [1.165, 1.54) is 6.33 Å². The number of aromatic nitrogens is 4. The van der Waals surface area contributed by atoms with Crippen molar-refractivity contribution in [2.24, 2.45) is 0 Å². The van der Waals surface area contributed by atoms with Gasteiger partial charge in [-0.1, -0.05) is 0 Å². The van der Waals surface area contributed by atoms with Gasteiger partial charge < -0.3 is 15.6 Å². The van der Waals surface area contributed by atoms with E-state index in [0.717, 1.165) is 0 Å². The Kier molecular flexibility index (Phi) is 3.58. The van der Waals surface area contributed by atoms with E-state index in [9.17, 15) is 9.67 Å². The average molecular weight is 297 g/mol. The first-order valence-corrected chi connectivity index (χ1v) is 6.65. The van der Waals surface area contributed by atoms with Crippen LogP contribution >= 0.6 is 8.69 Å². The van der Waals surface area contributed by atoms with Crippen LogP contribution in [-0.2, 0) is 13.8 Å². The van der Waals surface area contributed by atoms with Crippen molar-refractivity contribution in [1.29, 1.82) is 0 Å². The molecule has 0 aromatic carbocycles. The van der Waals surface area contributed by atoms with Gasteiger partial charge in [-0.3, -0.25) is 9.09 Å². The van der Waals surface area contributed by atoms with E-state index >= 15 is 0 Å². The summed E-state index contributed by atoms with van der Waals surface area (Å²) < 4.78 is 22.4. The summed E-state index contributed by atoms with van der Waals surface area (Å²) in [5.41, 5.74) is 6.74. The van der Waals surface area contributed by atoms with Gasteiger partial charge in [-0.25, -0.2) is 19.5 Å². The summed E-state index contributed by atoms with van der Waals surface area (Å²) in [6, 6.07) is 0. The zero-order valence-corrected chi connectivity index (χ0v) is 11.2. The number of imidazole rings is 1. The monoisotopic (exact) mass is 297 g/mol. The van der Waals surface area contributed by atoms with Gasteiger partial charge in [0.1, 0.15) is 24.2 Å². The molecule has 0 bridgehead atoms. The zero-order chi connectivity index (χ0) is 14.1. The number of nitrogen functional groups attached to an aromatic ring is 1. The summed E-state index contributed by atoms with van der Waals surface area (Å²) in [5, 5.41) is 9.91. The Morgan fingerprint density at radius 1 is 1.55 bits per heavy atom. The number of nitrogens with two attached hydrogens (primary N) is 1. The maximum atomic E-state index is 10.3. The van der Waals surface area contributed by atoms with Gasteiger partial charge in [-0.05, 0) is 0 Å². The number of hydrogen-bond acceptors (Lipinski definition) is 8. The third-order valence-electron chi connectivity index (χ3n) is 3.19. The number of hydrogen-bond donors (Lipinski definition) is 2. The van der Waals surface area contributed by atoms with Gasteiger partial charge >= 0.3 is 8.69 Å².